The minimum atomic E-state index is -3.82. The van der Waals surface area contributed by atoms with E-state index in [-0.39, 0.29) is 16.9 Å². The zero-order valence-corrected chi connectivity index (χ0v) is 18.2. The fourth-order valence-corrected chi connectivity index (χ4v) is 4.86. The van der Waals surface area contributed by atoms with Crippen LogP contribution >= 0.6 is 0 Å². The lowest BCUT2D eigenvalue weighted by Gasteiger charge is -2.23. The van der Waals surface area contributed by atoms with Crippen LogP contribution in [0.3, 0.4) is 0 Å². The fraction of sp³-hybridized carbons (Fsp3) is 0.455. The minimum absolute atomic E-state index is 0.0195. The molecule has 30 heavy (non-hydrogen) atoms. The molecule has 8 heteroatoms. The van der Waals surface area contributed by atoms with Crippen LogP contribution in [0.1, 0.15) is 51.6 Å². The predicted octanol–water partition coefficient (Wildman–Crippen LogP) is 4.45. The van der Waals surface area contributed by atoms with Gasteiger partial charge in [0, 0.05) is 11.8 Å². The second-order valence-corrected chi connectivity index (χ2v) is 9.99. The van der Waals surface area contributed by atoms with Crippen molar-refractivity contribution < 1.29 is 13.2 Å². The number of hydrogen-bond donors (Lipinski definition) is 2. The summed E-state index contributed by atoms with van der Waals surface area (Å²) in [4.78, 5) is 9.00. The average molecular weight is 429 g/mol. The molecule has 2 N–H and O–H groups in total. The molecule has 1 aliphatic heterocycles. The number of sulfonamides is 1. The summed E-state index contributed by atoms with van der Waals surface area (Å²) in [6.07, 6.45) is 7.23. The van der Waals surface area contributed by atoms with Crippen LogP contribution in [0.5, 0.6) is 5.88 Å². The summed E-state index contributed by atoms with van der Waals surface area (Å²) < 4.78 is 34.5. The topological polar surface area (TPSA) is 93.2 Å². The van der Waals surface area contributed by atoms with Gasteiger partial charge in [-0.3, -0.25) is 0 Å². The molecule has 4 bridgehead atoms. The van der Waals surface area contributed by atoms with Crippen molar-refractivity contribution in [3.63, 3.8) is 0 Å². The molecule has 0 saturated heterocycles. The number of nitrogens with zero attached hydrogens (tertiary/aromatic N) is 2. The first-order valence-electron chi connectivity index (χ1n) is 10.5. The van der Waals surface area contributed by atoms with E-state index in [4.69, 9.17) is 4.74 Å². The molecule has 2 aromatic rings. The van der Waals surface area contributed by atoms with Crippen LogP contribution in [-0.2, 0) is 10.0 Å². The Labute approximate surface area is 178 Å². The van der Waals surface area contributed by atoms with Crippen molar-refractivity contribution in [3.05, 3.63) is 42.1 Å². The third kappa shape index (κ3) is 4.92. The lowest BCUT2D eigenvalue weighted by atomic mass is 9.97. The van der Waals surface area contributed by atoms with Crippen molar-refractivity contribution in [1.29, 1.82) is 0 Å². The second-order valence-electron chi connectivity index (χ2n) is 8.31. The third-order valence-electron chi connectivity index (χ3n) is 5.25. The third-order valence-corrected chi connectivity index (χ3v) is 6.58. The first kappa shape index (κ1) is 20.7. The van der Waals surface area contributed by atoms with Gasteiger partial charge >= 0.3 is 0 Å². The summed E-state index contributed by atoms with van der Waals surface area (Å²) in [6.45, 7) is 4.72. The molecule has 2 aliphatic rings. The first-order valence-corrected chi connectivity index (χ1v) is 12.0. The van der Waals surface area contributed by atoms with E-state index < -0.39 is 10.0 Å². The van der Waals surface area contributed by atoms with Gasteiger partial charge in [-0.1, -0.05) is 26.0 Å². The van der Waals surface area contributed by atoms with Crippen LogP contribution in [-0.4, -0.2) is 31.0 Å². The number of fused-ring (bicyclic) bond motifs is 4. The highest BCUT2D eigenvalue weighted by Crippen LogP contribution is 2.29. The highest BCUT2D eigenvalue weighted by atomic mass is 32.2. The maximum Gasteiger partial charge on any atom is 0.264 e. The Morgan fingerprint density at radius 2 is 2.07 bits per heavy atom. The zero-order valence-electron chi connectivity index (χ0n) is 17.4. The monoisotopic (exact) mass is 428 g/mol. The number of aromatic nitrogens is 2. The van der Waals surface area contributed by atoms with E-state index in [2.05, 4.69) is 39.9 Å². The van der Waals surface area contributed by atoms with E-state index in [0.717, 1.165) is 49.1 Å². The largest absolute Gasteiger partial charge is 0.475 e. The maximum absolute atomic E-state index is 13.0. The van der Waals surface area contributed by atoms with Crippen molar-refractivity contribution in [2.75, 3.05) is 16.6 Å². The van der Waals surface area contributed by atoms with Gasteiger partial charge in [-0.2, -0.15) is 4.98 Å². The Morgan fingerprint density at radius 1 is 1.20 bits per heavy atom. The van der Waals surface area contributed by atoms with Gasteiger partial charge in [-0.05, 0) is 61.8 Å². The number of rotatable bonds is 3. The number of ether oxygens (including phenoxy) is 1. The van der Waals surface area contributed by atoms with Gasteiger partial charge in [0.2, 0.25) is 11.8 Å². The van der Waals surface area contributed by atoms with Crippen molar-refractivity contribution in [2.45, 2.75) is 56.9 Å². The molecule has 2 heterocycles. The fourth-order valence-electron chi connectivity index (χ4n) is 3.87. The van der Waals surface area contributed by atoms with Crippen molar-refractivity contribution >= 4 is 27.2 Å². The van der Waals surface area contributed by atoms with E-state index in [1.165, 1.54) is 0 Å². The highest BCUT2D eigenvalue weighted by molar-refractivity contribution is 7.92. The molecule has 160 valence electrons. The molecule has 0 radical (unpaired) electrons. The van der Waals surface area contributed by atoms with Crippen LogP contribution < -0.4 is 14.8 Å². The molecule has 1 aliphatic carbocycles. The highest BCUT2D eigenvalue weighted by Gasteiger charge is 2.21. The first-order chi connectivity index (χ1) is 14.4. The quantitative estimate of drug-likeness (QED) is 0.750. The summed E-state index contributed by atoms with van der Waals surface area (Å²) in [7, 11) is -3.82. The summed E-state index contributed by atoms with van der Waals surface area (Å²) in [5.74, 6) is 0.869. The molecule has 1 aromatic carbocycles. The van der Waals surface area contributed by atoms with Gasteiger partial charge in [0.1, 0.15) is 6.61 Å². The van der Waals surface area contributed by atoms with E-state index >= 15 is 0 Å². The predicted molar refractivity (Wildman–Crippen MR) is 118 cm³/mol. The minimum Gasteiger partial charge on any atom is -0.475 e. The average Bonchev–Trinajstić information content (AvgIpc) is 2.71. The molecule has 0 saturated carbocycles. The Morgan fingerprint density at radius 3 is 2.83 bits per heavy atom. The normalized spacial score (nSPS) is 20.6. The van der Waals surface area contributed by atoms with Gasteiger partial charge in [-0.15, -0.1) is 0 Å². The van der Waals surface area contributed by atoms with E-state index in [1.807, 2.05) is 12.1 Å². The standard InChI is InChI=1S/C22H28N4O3S/c1-15(2)11-18-14-29-21-13-20(16-7-4-3-5-8-16)24-22(25-21)26-30(27,28)19-10-6-9-17(12-19)23-18/h6-7,9-10,12-13,15,18,23H,3-5,8,11,14H2,1-2H3,(H,24,25,26)/t18-/m1/s1. The van der Waals surface area contributed by atoms with Crippen LogP contribution in [0.2, 0.25) is 0 Å². The van der Waals surface area contributed by atoms with E-state index in [9.17, 15) is 8.42 Å². The molecule has 0 fully saturated rings. The molecular weight excluding hydrogens is 400 g/mol. The Bertz CT molecular complexity index is 1050. The SMILES string of the molecule is CC(C)C[C@@H]1COc2cc(C3=CCCCC3)nc(n2)NS(=O)(=O)c2cccc(c2)N1. The van der Waals surface area contributed by atoms with Crippen molar-refractivity contribution in [3.8, 4) is 5.88 Å². The lowest BCUT2D eigenvalue weighted by molar-refractivity contribution is 0.271. The summed E-state index contributed by atoms with van der Waals surface area (Å²) >= 11 is 0. The van der Waals surface area contributed by atoms with Gasteiger partial charge in [0.05, 0.1) is 16.6 Å². The molecule has 7 nitrogen and oxygen atoms in total. The summed E-state index contributed by atoms with van der Waals surface area (Å²) in [5.41, 5.74) is 2.57. The second kappa shape index (κ2) is 8.63. The smallest absolute Gasteiger partial charge is 0.264 e. The molecule has 0 unspecified atom stereocenters. The van der Waals surface area contributed by atoms with E-state index in [0.29, 0.717) is 18.4 Å². The molecule has 4 rings (SSSR count). The Kier molecular flexibility index (Phi) is 5.94. The molecule has 1 aromatic heterocycles. The Balaban J connectivity index is 1.77. The summed E-state index contributed by atoms with van der Waals surface area (Å²) in [6, 6.07) is 8.62. The number of hydrogen-bond acceptors (Lipinski definition) is 6. The number of benzene rings is 1. The van der Waals surface area contributed by atoms with Gasteiger partial charge in [0.15, 0.2) is 0 Å². The van der Waals surface area contributed by atoms with Crippen molar-refractivity contribution in [2.24, 2.45) is 5.92 Å². The molecule has 0 spiro atoms. The summed E-state index contributed by atoms with van der Waals surface area (Å²) in [5, 5.41) is 3.42. The van der Waals surface area contributed by atoms with Crippen molar-refractivity contribution in [1.82, 2.24) is 9.97 Å². The number of anilines is 2. The van der Waals surface area contributed by atoms with Crippen LogP contribution in [0.25, 0.3) is 5.57 Å². The lowest BCUT2D eigenvalue weighted by Crippen LogP contribution is -2.29. The van der Waals surface area contributed by atoms with Gasteiger partial charge < -0.3 is 10.1 Å². The maximum atomic E-state index is 13.0. The van der Waals surface area contributed by atoms with Crippen LogP contribution in [0.15, 0.2) is 41.3 Å². The molecular formula is C22H28N4O3S. The molecule has 1 atom stereocenters. The molecule has 0 amide bonds. The zero-order chi connectivity index (χ0) is 21.1. The number of allylic oxidation sites excluding steroid dienone is 2. The van der Waals surface area contributed by atoms with E-state index in [1.54, 1.807) is 18.2 Å². The Hall–Kier alpha value is -2.61. The van der Waals surface area contributed by atoms with Crippen LogP contribution in [0.4, 0.5) is 11.6 Å². The number of nitrogens with one attached hydrogen (secondary N) is 2. The van der Waals surface area contributed by atoms with Gasteiger partial charge in [-0.25, -0.2) is 18.1 Å². The van der Waals surface area contributed by atoms with Crippen LogP contribution in [0, 0.1) is 5.92 Å². The van der Waals surface area contributed by atoms with Gasteiger partial charge in [0.25, 0.3) is 10.0 Å².